The first kappa shape index (κ1) is 20.2. The van der Waals surface area contributed by atoms with Crippen molar-refractivity contribution in [3.8, 4) is 11.3 Å². The molecule has 0 spiro atoms. The number of oxime groups is 1. The summed E-state index contributed by atoms with van der Waals surface area (Å²) in [5, 5.41) is 13.9. The van der Waals surface area contributed by atoms with E-state index in [-0.39, 0.29) is 28.8 Å². The molecular weight excluding hydrogens is 431 g/mol. The fourth-order valence-corrected chi connectivity index (χ4v) is 4.81. The standard InChI is InChI=1S/C21H16F3N3O3S/c22-21(23,24)18-9-14(13-6-5-11-3-1-2-4-12(11)7-13)25-20(26-18)31-17-8-15(27-28)19-29-10-16(17)30-19/h1-7,9,16-17,19,28H,8,10H2/b27-15+/t16-,17+,19+/m1/s1. The van der Waals surface area contributed by atoms with Crippen LogP contribution in [0.1, 0.15) is 12.1 Å². The maximum atomic E-state index is 13.6. The Balaban J connectivity index is 1.53. The van der Waals surface area contributed by atoms with Gasteiger partial charge in [0.05, 0.1) is 18.4 Å². The van der Waals surface area contributed by atoms with Crippen LogP contribution >= 0.6 is 11.8 Å². The lowest BCUT2D eigenvalue weighted by Gasteiger charge is -2.26. The minimum Gasteiger partial charge on any atom is -0.411 e. The molecule has 2 aliphatic rings. The van der Waals surface area contributed by atoms with Gasteiger partial charge < -0.3 is 14.7 Å². The van der Waals surface area contributed by atoms with Gasteiger partial charge in [-0.15, -0.1) is 0 Å². The average Bonchev–Trinajstić information content (AvgIpc) is 3.19. The first-order valence-corrected chi connectivity index (χ1v) is 10.4. The molecule has 0 aliphatic carbocycles. The summed E-state index contributed by atoms with van der Waals surface area (Å²) in [6.45, 7) is 0.262. The number of thioether (sulfide) groups is 1. The maximum absolute atomic E-state index is 13.6. The fraction of sp³-hybridized carbons (Fsp3) is 0.286. The van der Waals surface area contributed by atoms with Crippen LogP contribution in [0.2, 0.25) is 0 Å². The van der Waals surface area contributed by atoms with Crippen LogP contribution < -0.4 is 0 Å². The lowest BCUT2D eigenvalue weighted by atomic mass is 10.0. The lowest BCUT2D eigenvalue weighted by Crippen LogP contribution is -2.37. The second kappa shape index (κ2) is 7.77. The molecule has 160 valence electrons. The molecule has 0 radical (unpaired) electrons. The molecule has 6 nitrogen and oxygen atoms in total. The van der Waals surface area contributed by atoms with Crippen LogP contribution in [0.4, 0.5) is 13.2 Å². The molecule has 1 N–H and O–H groups in total. The van der Waals surface area contributed by atoms with Gasteiger partial charge >= 0.3 is 6.18 Å². The van der Waals surface area contributed by atoms with E-state index in [4.69, 9.17) is 14.7 Å². The van der Waals surface area contributed by atoms with E-state index >= 15 is 0 Å². The molecule has 0 saturated carbocycles. The van der Waals surface area contributed by atoms with E-state index in [9.17, 15) is 13.2 Å². The Bertz CT molecular complexity index is 1170. The van der Waals surface area contributed by atoms with Crippen molar-refractivity contribution in [2.45, 2.75) is 35.4 Å². The quantitative estimate of drug-likeness (QED) is 0.355. The smallest absolute Gasteiger partial charge is 0.411 e. The number of fused-ring (bicyclic) bond motifs is 3. The Morgan fingerprint density at radius 1 is 1.06 bits per heavy atom. The Morgan fingerprint density at radius 3 is 2.65 bits per heavy atom. The fourth-order valence-electron chi connectivity index (χ4n) is 3.68. The molecule has 2 bridgehead atoms. The number of halogens is 3. The second-order valence-electron chi connectivity index (χ2n) is 7.27. The first-order chi connectivity index (χ1) is 14.9. The van der Waals surface area contributed by atoms with Crippen LogP contribution in [-0.2, 0) is 15.7 Å². The molecule has 31 heavy (non-hydrogen) atoms. The minimum absolute atomic E-state index is 0.0192. The molecule has 2 aromatic carbocycles. The number of hydrogen-bond acceptors (Lipinski definition) is 7. The van der Waals surface area contributed by atoms with E-state index in [1.54, 1.807) is 6.07 Å². The van der Waals surface area contributed by atoms with Crippen molar-refractivity contribution in [3.63, 3.8) is 0 Å². The predicted octanol–water partition coefficient (Wildman–Crippen LogP) is 4.75. The highest BCUT2D eigenvalue weighted by molar-refractivity contribution is 7.99. The predicted molar refractivity (Wildman–Crippen MR) is 108 cm³/mol. The zero-order chi connectivity index (χ0) is 21.6. The summed E-state index contributed by atoms with van der Waals surface area (Å²) < 4.78 is 51.7. The molecule has 3 atom stereocenters. The molecule has 2 saturated heterocycles. The monoisotopic (exact) mass is 447 g/mol. The summed E-state index contributed by atoms with van der Waals surface area (Å²) in [6.07, 6.45) is -5.36. The molecule has 1 aromatic heterocycles. The van der Waals surface area contributed by atoms with Crippen molar-refractivity contribution in [1.29, 1.82) is 0 Å². The third kappa shape index (κ3) is 3.98. The van der Waals surface area contributed by atoms with E-state index < -0.39 is 18.2 Å². The van der Waals surface area contributed by atoms with E-state index in [0.717, 1.165) is 28.6 Å². The van der Waals surface area contributed by atoms with Crippen molar-refractivity contribution in [2.75, 3.05) is 6.61 Å². The largest absolute Gasteiger partial charge is 0.433 e. The summed E-state index contributed by atoms with van der Waals surface area (Å²) in [4.78, 5) is 8.15. The van der Waals surface area contributed by atoms with Crippen molar-refractivity contribution in [1.82, 2.24) is 9.97 Å². The minimum atomic E-state index is -4.62. The molecular formula is C21H16F3N3O3S. The van der Waals surface area contributed by atoms with Gasteiger partial charge in [0.25, 0.3) is 0 Å². The SMILES string of the molecule is O/N=C1\C[C@H](Sc2nc(-c3ccc4ccccc4c3)cc(C(F)(F)F)n2)[C@H]2CO[C@H]1O2. The zero-order valence-electron chi connectivity index (χ0n) is 15.9. The summed E-state index contributed by atoms with van der Waals surface area (Å²) in [6, 6.07) is 14.0. The van der Waals surface area contributed by atoms with Gasteiger partial charge in [-0.1, -0.05) is 53.3 Å². The van der Waals surface area contributed by atoms with Crippen LogP contribution in [0.5, 0.6) is 0 Å². The van der Waals surface area contributed by atoms with Gasteiger partial charge in [-0.05, 0) is 22.9 Å². The normalized spacial score (nSPS) is 24.7. The first-order valence-electron chi connectivity index (χ1n) is 9.51. The molecule has 3 aromatic rings. The van der Waals surface area contributed by atoms with E-state index in [0.29, 0.717) is 17.7 Å². The highest BCUT2D eigenvalue weighted by Crippen LogP contribution is 2.38. The van der Waals surface area contributed by atoms with Gasteiger partial charge in [0.2, 0.25) is 6.29 Å². The van der Waals surface area contributed by atoms with Crippen LogP contribution in [-0.4, -0.2) is 45.1 Å². The summed E-state index contributed by atoms with van der Waals surface area (Å²) in [5.41, 5.74) is 0.0357. The Kier molecular flexibility index (Phi) is 5.07. The number of ether oxygens (including phenoxy) is 2. The Morgan fingerprint density at radius 2 is 1.87 bits per heavy atom. The second-order valence-corrected chi connectivity index (χ2v) is 8.48. The average molecular weight is 447 g/mol. The number of nitrogens with zero attached hydrogens (tertiary/aromatic N) is 3. The summed E-state index contributed by atoms with van der Waals surface area (Å²) >= 11 is 1.07. The summed E-state index contributed by atoms with van der Waals surface area (Å²) in [7, 11) is 0. The van der Waals surface area contributed by atoms with Crippen molar-refractivity contribution in [2.24, 2.45) is 5.16 Å². The molecule has 2 aliphatic heterocycles. The summed E-state index contributed by atoms with van der Waals surface area (Å²) in [5.74, 6) is 0. The van der Waals surface area contributed by atoms with E-state index in [1.165, 1.54) is 0 Å². The van der Waals surface area contributed by atoms with Gasteiger partial charge in [0.1, 0.15) is 11.4 Å². The lowest BCUT2D eigenvalue weighted by molar-refractivity contribution is -0.141. The molecule has 3 heterocycles. The number of rotatable bonds is 3. The van der Waals surface area contributed by atoms with Crippen LogP contribution in [0, 0.1) is 0 Å². The number of benzene rings is 2. The molecule has 0 unspecified atom stereocenters. The maximum Gasteiger partial charge on any atom is 0.433 e. The van der Waals surface area contributed by atoms with Crippen LogP contribution in [0.3, 0.4) is 0 Å². The van der Waals surface area contributed by atoms with Crippen molar-refractivity contribution >= 4 is 28.2 Å². The number of aromatic nitrogens is 2. The van der Waals surface area contributed by atoms with Gasteiger partial charge in [-0.2, -0.15) is 13.2 Å². The van der Waals surface area contributed by atoms with Gasteiger partial charge in [-0.25, -0.2) is 9.97 Å². The third-order valence-electron chi connectivity index (χ3n) is 5.23. The zero-order valence-corrected chi connectivity index (χ0v) is 16.7. The van der Waals surface area contributed by atoms with E-state index in [1.807, 2.05) is 36.4 Å². The molecule has 0 amide bonds. The van der Waals surface area contributed by atoms with Gasteiger partial charge in [0, 0.05) is 17.2 Å². The number of alkyl halides is 3. The van der Waals surface area contributed by atoms with Gasteiger partial charge in [0.15, 0.2) is 5.16 Å². The third-order valence-corrected chi connectivity index (χ3v) is 6.40. The van der Waals surface area contributed by atoms with E-state index in [2.05, 4.69) is 15.1 Å². The van der Waals surface area contributed by atoms with Crippen LogP contribution in [0.25, 0.3) is 22.0 Å². The van der Waals surface area contributed by atoms with Gasteiger partial charge in [-0.3, -0.25) is 0 Å². The van der Waals surface area contributed by atoms with Crippen LogP contribution in [0.15, 0.2) is 58.8 Å². The number of hydrogen-bond donors (Lipinski definition) is 1. The molecule has 5 rings (SSSR count). The molecule has 10 heteroatoms. The Hall–Kier alpha value is -2.69. The van der Waals surface area contributed by atoms with Crippen molar-refractivity contribution in [3.05, 3.63) is 54.2 Å². The molecule has 2 fully saturated rings. The highest BCUT2D eigenvalue weighted by atomic mass is 32.2. The van der Waals surface area contributed by atoms with Crippen molar-refractivity contribution < 1.29 is 27.9 Å². The Labute approximate surface area is 179 Å². The topological polar surface area (TPSA) is 76.8 Å². The highest BCUT2D eigenvalue weighted by Gasteiger charge is 2.43.